The van der Waals surface area contributed by atoms with Crippen molar-refractivity contribution < 1.29 is 14.7 Å². The maximum atomic E-state index is 10.7. The maximum Gasteiger partial charge on any atom is 0.307 e. The van der Waals surface area contributed by atoms with E-state index in [0.717, 1.165) is 32.8 Å². The Labute approximate surface area is 244 Å². The number of hydrogen-bond donors (Lipinski definition) is 1. The largest absolute Gasteiger partial charge is 0.481 e. The van der Waals surface area contributed by atoms with E-state index in [1.165, 1.54) is 16.2 Å². The fourth-order valence-corrected chi connectivity index (χ4v) is 4.63. The van der Waals surface area contributed by atoms with E-state index in [-0.39, 0.29) is 11.7 Å². The van der Waals surface area contributed by atoms with Gasteiger partial charge in [0.05, 0.1) is 18.9 Å². The first-order valence-corrected chi connectivity index (χ1v) is 13.5. The van der Waals surface area contributed by atoms with Gasteiger partial charge in [0.2, 0.25) is 5.24 Å². The topological polar surface area (TPSA) is 78.2 Å². The molecule has 0 saturated heterocycles. The van der Waals surface area contributed by atoms with Gasteiger partial charge in [0.1, 0.15) is 0 Å². The van der Waals surface area contributed by atoms with Crippen LogP contribution in [0, 0.1) is 11.3 Å². The zero-order valence-corrected chi connectivity index (χ0v) is 23.1. The molecule has 0 atom stereocenters. The molecule has 0 unspecified atom stereocenters. The molecule has 0 fully saturated rings. The number of hydrogen-bond acceptors (Lipinski definition) is 3. The van der Waals surface area contributed by atoms with Crippen LogP contribution in [0.5, 0.6) is 0 Å². The second kappa shape index (κ2) is 14.4. The molecule has 1 N–H and O–H groups in total. The minimum atomic E-state index is -0.791. The Morgan fingerprint density at radius 1 is 0.561 bits per heavy atom. The Morgan fingerprint density at radius 2 is 0.927 bits per heavy atom. The third-order valence-corrected chi connectivity index (χ3v) is 6.56. The monoisotopic (exact) mass is 557 g/mol. The summed E-state index contributed by atoms with van der Waals surface area (Å²) in [6.07, 6.45) is 0.877. The van der Waals surface area contributed by atoms with Crippen molar-refractivity contribution in [3.8, 4) is 6.07 Å². The molecule has 5 heteroatoms. The van der Waals surface area contributed by atoms with Crippen LogP contribution in [0.25, 0.3) is 32.3 Å². The highest BCUT2D eigenvalue weighted by Crippen LogP contribution is 2.18. The minimum absolute atomic E-state index is 0.0881. The number of nitriles is 1. The fraction of sp³-hybridized carbons (Fsp3) is 0.0833. The zero-order chi connectivity index (χ0) is 29.0. The van der Waals surface area contributed by atoms with Crippen LogP contribution < -0.4 is 0 Å². The average molecular weight is 558 g/mol. The minimum Gasteiger partial charge on any atom is -0.481 e. The van der Waals surface area contributed by atoms with E-state index in [9.17, 15) is 9.59 Å². The van der Waals surface area contributed by atoms with E-state index in [0.29, 0.717) is 12.8 Å². The number of rotatable bonds is 5. The lowest BCUT2D eigenvalue weighted by Gasteiger charge is -2.00. The molecule has 6 aromatic carbocycles. The Bertz CT molecular complexity index is 1760. The number of nitrogens with zero attached hydrogens (tertiary/aromatic N) is 1. The number of benzene rings is 6. The summed E-state index contributed by atoms with van der Waals surface area (Å²) >= 11 is 5.32. The summed E-state index contributed by atoms with van der Waals surface area (Å²) < 4.78 is 0. The highest BCUT2D eigenvalue weighted by atomic mass is 35.5. The standard InChI is InChI=1S/C12H9ClO.C12H9N.C12H10O2/c13-12(14)8-9-5-6-10-3-1-2-4-11(10)7-9;13-8-7-10-5-6-11-3-1-2-4-12(11)9-10;13-12(14)8-9-5-6-10-3-1-2-4-11(10)7-9/h1-7H,8H2;1-6,9H,7H2;1-7H,8H2,(H,13,14). The molecule has 6 rings (SSSR count). The van der Waals surface area contributed by atoms with E-state index in [1.807, 2.05) is 103 Å². The number of fused-ring (bicyclic) bond motifs is 3. The Balaban J connectivity index is 0.000000142. The van der Waals surface area contributed by atoms with Crippen LogP contribution in [0.1, 0.15) is 16.7 Å². The van der Waals surface area contributed by atoms with Crippen LogP contribution in [0.3, 0.4) is 0 Å². The summed E-state index contributed by atoms with van der Waals surface area (Å²) in [6, 6.07) is 44.1. The predicted molar refractivity (Wildman–Crippen MR) is 167 cm³/mol. The van der Waals surface area contributed by atoms with Crippen LogP contribution >= 0.6 is 11.6 Å². The number of carboxylic acids is 1. The van der Waals surface area contributed by atoms with Crippen molar-refractivity contribution in [3.05, 3.63) is 144 Å². The molecule has 0 bridgehead atoms. The highest BCUT2D eigenvalue weighted by molar-refractivity contribution is 6.63. The van der Waals surface area contributed by atoms with E-state index < -0.39 is 5.97 Å². The third kappa shape index (κ3) is 8.76. The first-order valence-electron chi connectivity index (χ1n) is 13.1. The van der Waals surface area contributed by atoms with Crippen molar-refractivity contribution in [3.63, 3.8) is 0 Å². The van der Waals surface area contributed by atoms with Crippen molar-refractivity contribution >= 4 is 55.1 Å². The van der Waals surface area contributed by atoms with Gasteiger partial charge in [-0.05, 0) is 60.6 Å². The first kappa shape index (κ1) is 29.0. The zero-order valence-electron chi connectivity index (χ0n) is 22.3. The van der Waals surface area contributed by atoms with Gasteiger partial charge in [-0.2, -0.15) is 5.26 Å². The van der Waals surface area contributed by atoms with Crippen LogP contribution in [-0.4, -0.2) is 16.3 Å². The lowest BCUT2D eigenvalue weighted by molar-refractivity contribution is -0.136. The molecule has 0 radical (unpaired) electrons. The van der Waals surface area contributed by atoms with Crippen molar-refractivity contribution in [2.24, 2.45) is 0 Å². The molecule has 0 aliphatic rings. The lowest BCUT2D eigenvalue weighted by Crippen LogP contribution is -1.99. The summed E-state index contributed by atoms with van der Waals surface area (Å²) in [4.78, 5) is 21.2. The lowest BCUT2D eigenvalue weighted by atomic mass is 10.1. The number of aliphatic carboxylic acids is 1. The number of carbonyl (C=O) groups excluding carboxylic acids is 1. The maximum absolute atomic E-state index is 10.7. The molecule has 0 saturated carbocycles. The average Bonchev–Trinajstić information content (AvgIpc) is 2.97. The second-order valence-corrected chi connectivity index (χ2v) is 9.90. The molecule has 0 heterocycles. The summed E-state index contributed by atoms with van der Waals surface area (Å²) in [5.41, 5.74) is 2.89. The SMILES string of the molecule is N#CCc1ccc2ccccc2c1.O=C(Cl)Cc1ccc2ccccc2c1.O=C(O)Cc1ccc2ccccc2c1. The molecule has 41 heavy (non-hydrogen) atoms. The number of carbonyl (C=O) groups is 2. The molecule has 0 amide bonds. The second-order valence-electron chi connectivity index (χ2n) is 9.48. The van der Waals surface area contributed by atoms with Gasteiger partial charge in [0.15, 0.2) is 0 Å². The molecular weight excluding hydrogens is 530 g/mol. The van der Waals surface area contributed by atoms with E-state index in [1.54, 1.807) is 0 Å². The van der Waals surface area contributed by atoms with Crippen molar-refractivity contribution in [2.45, 2.75) is 19.3 Å². The van der Waals surface area contributed by atoms with E-state index in [4.69, 9.17) is 22.0 Å². The van der Waals surface area contributed by atoms with Crippen molar-refractivity contribution in [1.82, 2.24) is 0 Å². The van der Waals surface area contributed by atoms with Gasteiger partial charge in [-0.15, -0.1) is 0 Å². The molecule has 6 aromatic rings. The van der Waals surface area contributed by atoms with E-state index in [2.05, 4.69) is 30.3 Å². The fourth-order valence-electron chi connectivity index (χ4n) is 4.47. The molecule has 0 aliphatic carbocycles. The smallest absolute Gasteiger partial charge is 0.307 e. The van der Waals surface area contributed by atoms with Crippen LogP contribution in [-0.2, 0) is 28.9 Å². The molecular formula is C36H28ClNO3. The van der Waals surface area contributed by atoms with E-state index >= 15 is 0 Å². The van der Waals surface area contributed by atoms with Crippen LogP contribution in [0.4, 0.5) is 0 Å². The molecule has 4 nitrogen and oxygen atoms in total. The van der Waals surface area contributed by atoms with Crippen LogP contribution in [0.2, 0.25) is 0 Å². The normalized spacial score (nSPS) is 10.1. The third-order valence-electron chi connectivity index (χ3n) is 6.42. The van der Waals surface area contributed by atoms with Crippen molar-refractivity contribution in [2.75, 3.05) is 0 Å². The van der Waals surface area contributed by atoms with Crippen LogP contribution in [0.15, 0.2) is 127 Å². The molecule has 0 aromatic heterocycles. The summed E-state index contributed by atoms with van der Waals surface area (Å²) in [6.45, 7) is 0. The first-order chi connectivity index (χ1) is 19.9. The van der Waals surface area contributed by atoms with Gasteiger partial charge in [-0.25, -0.2) is 0 Å². The van der Waals surface area contributed by atoms with Gasteiger partial charge in [0.25, 0.3) is 0 Å². The predicted octanol–water partition coefficient (Wildman–Crippen LogP) is 8.52. The van der Waals surface area contributed by atoms with Gasteiger partial charge in [0, 0.05) is 6.42 Å². The summed E-state index contributed by atoms with van der Waals surface area (Å²) in [7, 11) is 0. The molecule has 202 valence electrons. The van der Waals surface area contributed by atoms with Gasteiger partial charge >= 0.3 is 5.97 Å². The highest BCUT2D eigenvalue weighted by Gasteiger charge is 2.01. The number of carboxylic acid groups (broad SMARTS) is 1. The Kier molecular flexibility index (Phi) is 10.2. The van der Waals surface area contributed by atoms with Gasteiger partial charge in [-0.3, -0.25) is 9.59 Å². The summed E-state index contributed by atoms with van der Waals surface area (Å²) in [5, 5.41) is 23.8. The Hall–Kier alpha value is -4.98. The van der Waals surface area contributed by atoms with Crippen molar-refractivity contribution in [1.29, 1.82) is 5.26 Å². The quantitative estimate of drug-likeness (QED) is 0.215. The Morgan fingerprint density at radius 3 is 1.32 bits per heavy atom. The number of halogens is 1. The molecule has 0 spiro atoms. The molecule has 0 aliphatic heterocycles. The van der Waals surface area contributed by atoms with Gasteiger partial charge < -0.3 is 5.11 Å². The summed E-state index contributed by atoms with van der Waals surface area (Å²) in [5.74, 6) is -0.791. The van der Waals surface area contributed by atoms with Gasteiger partial charge in [-0.1, -0.05) is 127 Å².